The number of nitrogens with one attached hydrogen (secondary N) is 1. The lowest BCUT2D eigenvalue weighted by Crippen LogP contribution is -2.14. The van der Waals surface area contributed by atoms with E-state index < -0.39 is 0 Å². The van der Waals surface area contributed by atoms with Gasteiger partial charge in [0, 0.05) is 33.8 Å². The Morgan fingerprint density at radius 2 is 1.79 bits per heavy atom. The number of ether oxygens (including phenoxy) is 1. The molecule has 2 aromatic heterocycles. The van der Waals surface area contributed by atoms with E-state index in [0.717, 1.165) is 38.9 Å². The second-order valence-electron chi connectivity index (χ2n) is 8.59. The molecule has 0 aliphatic carbocycles. The van der Waals surface area contributed by atoms with Crippen molar-refractivity contribution in [2.75, 3.05) is 17.7 Å². The third-order valence-corrected chi connectivity index (χ3v) is 7.90. The minimum absolute atomic E-state index is 0.161. The van der Waals surface area contributed by atoms with Gasteiger partial charge in [0.15, 0.2) is 16.1 Å². The van der Waals surface area contributed by atoms with E-state index >= 15 is 0 Å². The second kappa shape index (κ2) is 12.9. The summed E-state index contributed by atoms with van der Waals surface area (Å²) >= 11 is 9.04. The lowest BCUT2D eigenvalue weighted by Gasteiger charge is -2.11. The van der Waals surface area contributed by atoms with E-state index in [4.69, 9.17) is 16.3 Å². The molecular formula is C29H26ClN5O2S2. The Hall–Kier alpha value is -3.66. The predicted octanol–water partition coefficient (Wildman–Crippen LogP) is 7.15. The molecule has 5 rings (SSSR count). The summed E-state index contributed by atoms with van der Waals surface area (Å²) in [5.41, 5.74) is 2.84. The van der Waals surface area contributed by atoms with Gasteiger partial charge in [-0.15, -0.1) is 21.5 Å². The quantitative estimate of drug-likeness (QED) is 0.168. The van der Waals surface area contributed by atoms with Gasteiger partial charge in [0.1, 0.15) is 5.75 Å². The number of aromatic nitrogens is 4. The number of para-hydroxylation sites is 1. The van der Waals surface area contributed by atoms with Crippen molar-refractivity contribution in [1.29, 1.82) is 0 Å². The van der Waals surface area contributed by atoms with E-state index in [-0.39, 0.29) is 11.7 Å². The monoisotopic (exact) mass is 575 g/mol. The van der Waals surface area contributed by atoms with Crippen molar-refractivity contribution in [3.8, 4) is 22.8 Å². The van der Waals surface area contributed by atoms with Gasteiger partial charge in [-0.05, 0) is 54.4 Å². The average Bonchev–Trinajstić information content (AvgIpc) is 3.59. The highest BCUT2D eigenvalue weighted by atomic mass is 35.5. The van der Waals surface area contributed by atoms with Crippen LogP contribution < -0.4 is 10.1 Å². The molecule has 0 unspecified atom stereocenters. The van der Waals surface area contributed by atoms with Crippen molar-refractivity contribution in [2.24, 2.45) is 0 Å². The van der Waals surface area contributed by atoms with Crippen molar-refractivity contribution in [2.45, 2.75) is 24.9 Å². The number of hydrogen-bond donors (Lipinski definition) is 1. The number of anilines is 1. The van der Waals surface area contributed by atoms with Crippen molar-refractivity contribution in [1.82, 2.24) is 19.7 Å². The Balaban J connectivity index is 1.28. The Morgan fingerprint density at radius 3 is 2.56 bits per heavy atom. The summed E-state index contributed by atoms with van der Waals surface area (Å²) in [6.07, 6.45) is 3.38. The van der Waals surface area contributed by atoms with Gasteiger partial charge in [0.05, 0.1) is 12.4 Å². The SMILES string of the molecule is CCCOc1ccc(-c2nnc(SCC(=O)Nc3ncc(Cc4ccccc4Cl)s3)n2-c2ccccc2)cc1. The van der Waals surface area contributed by atoms with Crippen LogP contribution in [0.1, 0.15) is 23.8 Å². The Bertz CT molecular complexity index is 1540. The molecule has 7 nitrogen and oxygen atoms in total. The number of thiazole rings is 1. The van der Waals surface area contributed by atoms with E-state index in [0.29, 0.717) is 29.1 Å². The van der Waals surface area contributed by atoms with Crippen molar-refractivity contribution < 1.29 is 9.53 Å². The molecule has 0 bridgehead atoms. The number of carbonyl (C=O) groups is 1. The van der Waals surface area contributed by atoms with Crippen LogP contribution in [0.4, 0.5) is 5.13 Å². The van der Waals surface area contributed by atoms with Gasteiger partial charge < -0.3 is 10.1 Å². The summed E-state index contributed by atoms with van der Waals surface area (Å²) in [6, 6.07) is 25.4. The lowest BCUT2D eigenvalue weighted by molar-refractivity contribution is -0.113. The molecule has 0 aliphatic rings. The summed E-state index contributed by atoms with van der Waals surface area (Å²) in [6.45, 7) is 2.75. The normalized spacial score (nSPS) is 10.9. The first-order valence-corrected chi connectivity index (χ1v) is 14.6. The van der Waals surface area contributed by atoms with Crippen LogP contribution in [0.3, 0.4) is 0 Å². The summed E-state index contributed by atoms with van der Waals surface area (Å²) < 4.78 is 7.68. The smallest absolute Gasteiger partial charge is 0.236 e. The van der Waals surface area contributed by atoms with Gasteiger partial charge in [-0.25, -0.2) is 4.98 Å². The summed E-state index contributed by atoms with van der Waals surface area (Å²) in [5, 5.41) is 13.7. The van der Waals surface area contributed by atoms with Crippen LogP contribution in [0, 0.1) is 0 Å². The first-order chi connectivity index (χ1) is 19.1. The highest BCUT2D eigenvalue weighted by Crippen LogP contribution is 2.30. The topological polar surface area (TPSA) is 81.9 Å². The Morgan fingerprint density at radius 1 is 1.03 bits per heavy atom. The first-order valence-electron chi connectivity index (χ1n) is 12.5. The van der Waals surface area contributed by atoms with E-state index in [2.05, 4.69) is 27.4 Å². The van der Waals surface area contributed by atoms with Crippen molar-refractivity contribution >= 4 is 45.7 Å². The number of carbonyl (C=O) groups excluding carboxylic acids is 1. The predicted molar refractivity (Wildman–Crippen MR) is 158 cm³/mol. The van der Waals surface area contributed by atoms with Crippen LogP contribution in [0.2, 0.25) is 5.02 Å². The fourth-order valence-electron chi connectivity index (χ4n) is 3.84. The molecule has 10 heteroatoms. The second-order valence-corrected chi connectivity index (χ2v) is 11.1. The minimum atomic E-state index is -0.166. The molecule has 0 aliphatic heterocycles. The number of hydrogen-bond acceptors (Lipinski definition) is 7. The van der Waals surface area contributed by atoms with Gasteiger partial charge in [-0.2, -0.15) is 0 Å². The number of amides is 1. The van der Waals surface area contributed by atoms with Crippen LogP contribution >= 0.6 is 34.7 Å². The molecule has 3 aromatic carbocycles. The maximum Gasteiger partial charge on any atom is 0.236 e. The number of benzene rings is 3. The number of thioether (sulfide) groups is 1. The zero-order valence-electron chi connectivity index (χ0n) is 21.2. The lowest BCUT2D eigenvalue weighted by atomic mass is 10.1. The fraction of sp³-hybridized carbons (Fsp3) is 0.172. The van der Waals surface area contributed by atoms with Crippen molar-refractivity contribution in [3.63, 3.8) is 0 Å². The molecule has 0 atom stereocenters. The highest BCUT2D eigenvalue weighted by molar-refractivity contribution is 7.99. The third kappa shape index (κ3) is 6.86. The van der Waals surface area contributed by atoms with Gasteiger partial charge in [0.25, 0.3) is 0 Å². The van der Waals surface area contributed by atoms with E-state index in [1.54, 1.807) is 6.20 Å². The Labute approximate surface area is 240 Å². The van der Waals surface area contributed by atoms with Crippen LogP contribution in [-0.2, 0) is 11.2 Å². The Kier molecular flexibility index (Phi) is 8.93. The number of nitrogens with zero attached hydrogens (tertiary/aromatic N) is 4. The van der Waals surface area contributed by atoms with Gasteiger partial charge >= 0.3 is 0 Å². The summed E-state index contributed by atoms with van der Waals surface area (Å²) in [7, 11) is 0. The van der Waals surface area contributed by atoms with E-state index in [1.807, 2.05) is 83.4 Å². The number of halogens is 1. The average molecular weight is 576 g/mol. The first kappa shape index (κ1) is 26.9. The van der Waals surface area contributed by atoms with Crippen LogP contribution in [-0.4, -0.2) is 38.0 Å². The zero-order valence-corrected chi connectivity index (χ0v) is 23.6. The fourth-order valence-corrected chi connectivity index (χ4v) is 5.65. The summed E-state index contributed by atoms with van der Waals surface area (Å²) in [4.78, 5) is 18.2. The van der Waals surface area contributed by atoms with Crippen LogP contribution in [0.25, 0.3) is 17.1 Å². The number of rotatable bonds is 11. The highest BCUT2D eigenvalue weighted by Gasteiger charge is 2.18. The van der Waals surface area contributed by atoms with Crippen LogP contribution in [0.5, 0.6) is 5.75 Å². The molecule has 198 valence electrons. The van der Waals surface area contributed by atoms with Gasteiger partial charge in [-0.1, -0.05) is 66.7 Å². The standard InChI is InChI=1S/C29H26ClN5O2S2/c1-2-16-37-23-14-12-20(13-15-23)27-33-34-29(35(27)22-9-4-3-5-10-22)38-19-26(36)32-28-31-18-24(39-28)17-21-8-6-7-11-25(21)30/h3-15,18H,2,16-17,19H2,1H3,(H,31,32,36). The molecule has 1 N–H and O–H groups in total. The van der Waals surface area contributed by atoms with E-state index in [9.17, 15) is 4.79 Å². The molecule has 39 heavy (non-hydrogen) atoms. The maximum absolute atomic E-state index is 12.8. The molecule has 0 radical (unpaired) electrons. The molecule has 5 aromatic rings. The van der Waals surface area contributed by atoms with Gasteiger partial charge in [0.2, 0.25) is 5.91 Å². The maximum atomic E-state index is 12.8. The molecule has 2 heterocycles. The van der Waals surface area contributed by atoms with Crippen LogP contribution in [0.15, 0.2) is 90.2 Å². The minimum Gasteiger partial charge on any atom is -0.494 e. The van der Waals surface area contributed by atoms with E-state index in [1.165, 1.54) is 23.1 Å². The molecule has 0 spiro atoms. The summed E-state index contributed by atoms with van der Waals surface area (Å²) in [5.74, 6) is 1.50. The molecule has 1 amide bonds. The molecule has 0 saturated carbocycles. The van der Waals surface area contributed by atoms with Gasteiger partial charge in [-0.3, -0.25) is 9.36 Å². The molecule has 0 saturated heterocycles. The molecule has 0 fully saturated rings. The zero-order chi connectivity index (χ0) is 27.0. The van der Waals surface area contributed by atoms with Crippen molar-refractivity contribution in [3.05, 3.63) is 101 Å². The molecular weight excluding hydrogens is 550 g/mol. The third-order valence-electron chi connectivity index (χ3n) is 5.69. The largest absolute Gasteiger partial charge is 0.494 e.